The summed E-state index contributed by atoms with van der Waals surface area (Å²) in [4.78, 5) is 40.4. The molecule has 3 aliphatic heterocycles. The van der Waals surface area contributed by atoms with E-state index in [-0.39, 0.29) is 30.2 Å². The first-order valence-electron chi connectivity index (χ1n) is 9.75. The van der Waals surface area contributed by atoms with Crippen molar-refractivity contribution in [3.63, 3.8) is 0 Å². The third kappa shape index (κ3) is 3.75. The largest absolute Gasteiger partial charge is 0.327 e. The third-order valence-electron chi connectivity index (χ3n) is 5.79. The molecule has 0 aromatic heterocycles. The zero-order valence-corrected chi connectivity index (χ0v) is 15.4. The minimum absolute atomic E-state index is 0.117. The Morgan fingerprint density at radius 3 is 2.81 bits per heavy atom. The summed E-state index contributed by atoms with van der Waals surface area (Å²) in [7, 11) is 0. The number of nitrogens with two attached hydrogens (primary N) is 1. The normalized spacial score (nSPS) is 26.7. The van der Waals surface area contributed by atoms with E-state index in [1.54, 1.807) is 4.90 Å². The van der Waals surface area contributed by atoms with Crippen LogP contribution in [0.15, 0.2) is 18.2 Å². The molecule has 3 amide bonds. The summed E-state index contributed by atoms with van der Waals surface area (Å²) in [6.45, 7) is 3.12. The summed E-state index contributed by atoms with van der Waals surface area (Å²) in [5.74, 6) is -0.751. The molecule has 1 aromatic carbocycles. The molecule has 144 valence electrons. The molecule has 0 bridgehead atoms. The second-order valence-electron chi connectivity index (χ2n) is 7.88. The molecule has 2 fully saturated rings. The maximum Gasteiger partial charge on any atom is 0.255 e. The monoisotopic (exact) mass is 370 g/mol. The Morgan fingerprint density at radius 1 is 1.15 bits per heavy atom. The van der Waals surface area contributed by atoms with Crippen LogP contribution >= 0.6 is 0 Å². The van der Waals surface area contributed by atoms with E-state index in [4.69, 9.17) is 5.73 Å². The Kier molecular flexibility index (Phi) is 4.97. The highest BCUT2D eigenvalue weighted by atomic mass is 16.2. The second-order valence-corrected chi connectivity index (χ2v) is 7.88. The standard InChI is InChI=1S/C20H26N4O3/c21-15-3-1-2-8-23(12-15)10-13-4-5-14-11-24(20(27)16(14)9-13)17-6-7-18(25)22-19(17)26/h4-5,9,15,17H,1-3,6-8,10-12,21H2,(H,22,25,26). The SMILES string of the molecule is NC1CCCCN(Cc2ccc3c(c2)C(=O)N(C2CCC(=O)NC2=O)C3)C1. The van der Waals surface area contributed by atoms with Crippen LogP contribution in [0.3, 0.4) is 0 Å². The van der Waals surface area contributed by atoms with E-state index < -0.39 is 6.04 Å². The average Bonchev–Trinajstić information content (AvgIpc) is 2.80. The number of rotatable bonds is 3. The number of fused-ring (bicyclic) bond motifs is 1. The number of carbonyl (C=O) groups excluding carboxylic acids is 3. The van der Waals surface area contributed by atoms with Crippen molar-refractivity contribution in [2.24, 2.45) is 5.73 Å². The molecular formula is C20H26N4O3. The minimum Gasteiger partial charge on any atom is -0.327 e. The van der Waals surface area contributed by atoms with Gasteiger partial charge in [0, 0.05) is 37.7 Å². The van der Waals surface area contributed by atoms with Crippen LogP contribution in [0.1, 0.15) is 53.6 Å². The molecule has 0 radical (unpaired) electrons. The molecule has 3 heterocycles. The van der Waals surface area contributed by atoms with E-state index in [2.05, 4.69) is 16.3 Å². The van der Waals surface area contributed by atoms with E-state index in [0.717, 1.165) is 43.6 Å². The van der Waals surface area contributed by atoms with Crippen LogP contribution in [0.25, 0.3) is 0 Å². The maximum atomic E-state index is 12.9. The van der Waals surface area contributed by atoms with Crippen molar-refractivity contribution in [2.75, 3.05) is 13.1 Å². The third-order valence-corrected chi connectivity index (χ3v) is 5.79. The summed E-state index contributed by atoms with van der Waals surface area (Å²) in [5, 5.41) is 2.34. The molecule has 1 aromatic rings. The zero-order valence-electron chi connectivity index (χ0n) is 15.4. The molecule has 7 heteroatoms. The number of hydrogen-bond acceptors (Lipinski definition) is 5. The number of carbonyl (C=O) groups is 3. The topological polar surface area (TPSA) is 95.7 Å². The number of nitrogens with one attached hydrogen (secondary N) is 1. The fraction of sp³-hybridized carbons (Fsp3) is 0.550. The lowest BCUT2D eigenvalue weighted by molar-refractivity contribution is -0.136. The Labute approximate surface area is 158 Å². The lowest BCUT2D eigenvalue weighted by atomic mass is 10.0. The molecule has 4 rings (SSSR count). The van der Waals surface area contributed by atoms with E-state index >= 15 is 0 Å². The van der Waals surface area contributed by atoms with Gasteiger partial charge in [-0.1, -0.05) is 18.6 Å². The maximum absolute atomic E-state index is 12.9. The highest BCUT2D eigenvalue weighted by Gasteiger charge is 2.39. The molecule has 3 aliphatic rings. The highest BCUT2D eigenvalue weighted by molar-refractivity contribution is 6.05. The number of amides is 3. The molecular weight excluding hydrogens is 344 g/mol. The van der Waals surface area contributed by atoms with E-state index in [1.807, 2.05) is 12.1 Å². The second kappa shape index (κ2) is 7.40. The first kappa shape index (κ1) is 18.1. The van der Waals surface area contributed by atoms with Crippen LogP contribution < -0.4 is 11.1 Å². The van der Waals surface area contributed by atoms with Gasteiger partial charge in [0.15, 0.2) is 0 Å². The Bertz CT molecular complexity index is 778. The fourth-order valence-electron chi connectivity index (χ4n) is 4.36. The molecule has 2 saturated heterocycles. The molecule has 7 nitrogen and oxygen atoms in total. The van der Waals surface area contributed by atoms with Crippen LogP contribution in [0.2, 0.25) is 0 Å². The number of likely N-dealkylation sites (tertiary alicyclic amines) is 1. The van der Waals surface area contributed by atoms with Crippen LogP contribution in [-0.2, 0) is 22.7 Å². The van der Waals surface area contributed by atoms with Gasteiger partial charge < -0.3 is 10.6 Å². The van der Waals surface area contributed by atoms with Gasteiger partial charge in [0.25, 0.3) is 5.91 Å². The lowest BCUT2D eigenvalue weighted by Gasteiger charge is -2.29. The minimum atomic E-state index is -0.561. The summed E-state index contributed by atoms with van der Waals surface area (Å²) in [6, 6.07) is 5.67. The number of imide groups is 1. The van der Waals surface area contributed by atoms with Crippen molar-refractivity contribution in [1.82, 2.24) is 15.1 Å². The molecule has 3 N–H and O–H groups in total. The van der Waals surface area contributed by atoms with Crippen LogP contribution in [-0.4, -0.2) is 52.7 Å². The molecule has 2 unspecified atom stereocenters. The van der Waals surface area contributed by atoms with Gasteiger partial charge in [-0.15, -0.1) is 0 Å². The smallest absolute Gasteiger partial charge is 0.255 e. The van der Waals surface area contributed by atoms with E-state index in [9.17, 15) is 14.4 Å². The first-order chi connectivity index (χ1) is 13.0. The van der Waals surface area contributed by atoms with Crippen molar-refractivity contribution in [2.45, 2.75) is 57.3 Å². The van der Waals surface area contributed by atoms with Gasteiger partial charge in [-0.25, -0.2) is 0 Å². The summed E-state index contributed by atoms with van der Waals surface area (Å²) < 4.78 is 0. The predicted octanol–water partition coefficient (Wildman–Crippen LogP) is 0.761. The summed E-state index contributed by atoms with van der Waals surface area (Å²) in [6.07, 6.45) is 4.06. The Hall–Kier alpha value is -2.25. The molecule has 27 heavy (non-hydrogen) atoms. The van der Waals surface area contributed by atoms with Crippen LogP contribution in [0.5, 0.6) is 0 Å². The predicted molar refractivity (Wildman–Crippen MR) is 99.6 cm³/mol. The zero-order chi connectivity index (χ0) is 19.0. The lowest BCUT2D eigenvalue weighted by Crippen LogP contribution is -2.52. The molecule has 0 spiro atoms. The van der Waals surface area contributed by atoms with Crippen molar-refractivity contribution in [3.8, 4) is 0 Å². The van der Waals surface area contributed by atoms with E-state index in [0.29, 0.717) is 18.5 Å². The van der Waals surface area contributed by atoms with Crippen molar-refractivity contribution in [3.05, 3.63) is 34.9 Å². The van der Waals surface area contributed by atoms with Gasteiger partial charge >= 0.3 is 0 Å². The van der Waals surface area contributed by atoms with Crippen LogP contribution in [0.4, 0.5) is 0 Å². The quantitative estimate of drug-likeness (QED) is 0.766. The Balaban J connectivity index is 1.48. The molecule has 2 atom stereocenters. The number of benzene rings is 1. The summed E-state index contributed by atoms with van der Waals surface area (Å²) >= 11 is 0. The van der Waals surface area contributed by atoms with Crippen molar-refractivity contribution < 1.29 is 14.4 Å². The van der Waals surface area contributed by atoms with Crippen LogP contribution in [0, 0.1) is 0 Å². The molecule has 0 aliphatic carbocycles. The highest BCUT2D eigenvalue weighted by Crippen LogP contribution is 2.28. The van der Waals surface area contributed by atoms with Crippen molar-refractivity contribution in [1.29, 1.82) is 0 Å². The van der Waals surface area contributed by atoms with Gasteiger partial charge in [0.05, 0.1) is 0 Å². The average molecular weight is 370 g/mol. The van der Waals surface area contributed by atoms with Gasteiger partial charge in [-0.2, -0.15) is 0 Å². The van der Waals surface area contributed by atoms with Gasteiger partial charge in [-0.05, 0) is 43.0 Å². The number of hydrogen-bond donors (Lipinski definition) is 2. The number of nitrogens with zero attached hydrogens (tertiary/aromatic N) is 2. The first-order valence-corrected chi connectivity index (χ1v) is 9.75. The molecule has 0 saturated carbocycles. The fourth-order valence-corrected chi connectivity index (χ4v) is 4.36. The van der Waals surface area contributed by atoms with Gasteiger partial charge in [0.2, 0.25) is 11.8 Å². The van der Waals surface area contributed by atoms with E-state index in [1.165, 1.54) is 6.42 Å². The van der Waals surface area contributed by atoms with Gasteiger partial charge in [-0.3, -0.25) is 24.6 Å². The Morgan fingerprint density at radius 2 is 2.00 bits per heavy atom. The van der Waals surface area contributed by atoms with Crippen molar-refractivity contribution >= 4 is 17.7 Å². The number of piperidine rings is 1. The van der Waals surface area contributed by atoms with Gasteiger partial charge in [0.1, 0.15) is 6.04 Å². The summed E-state index contributed by atoms with van der Waals surface area (Å²) in [5.41, 5.74) is 8.87.